The van der Waals surface area contributed by atoms with Crippen LogP contribution < -0.4 is 22.2 Å². The fourth-order valence-corrected chi connectivity index (χ4v) is 5.13. The van der Waals surface area contributed by atoms with E-state index in [9.17, 15) is 0 Å². The molecule has 1 aromatic heterocycles. The molecule has 2 aliphatic rings. The number of β-amino-alcohol motifs (C(OH)–C–C–N with tert-alkyl or cyclic N) is 1. The number of piperazine rings is 1. The van der Waals surface area contributed by atoms with Crippen LogP contribution in [0.3, 0.4) is 0 Å². The van der Waals surface area contributed by atoms with Crippen molar-refractivity contribution in [3.63, 3.8) is 0 Å². The lowest BCUT2D eigenvalue weighted by atomic mass is 10.1. The van der Waals surface area contributed by atoms with E-state index in [1.54, 1.807) is 19.5 Å². The zero-order valence-corrected chi connectivity index (χ0v) is 25.6. The van der Waals surface area contributed by atoms with Gasteiger partial charge in [-0.05, 0) is 46.9 Å². The maximum absolute atomic E-state index is 9.11. The first-order valence-electron chi connectivity index (χ1n) is 14.7. The van der Waals surface area contributed by atoms with Crippen LogP contribution >= 0.6 is 0 Å². The minimum absolute atomic E-state index is 0.212. The fourth-order valence-electron chi connectivity index (χ4n) is 5.13. The van der Waals surface area contributed by atoms with Crippen molar-refractivity contribution in [1.82, 2.24) is 24.3 Å². The lowest BCUT2D eigenvalue weighted by Gasteiger charge is -2.34. The fraction of sp³-hybridized carbons (Fsp3) is 0.690. The molecule has 2 saturated heterocycles. The summed E-state index contributed by atoms with van der Waals surface area (Å²) >= 11 is 0. The standard InChI is InChI=1S/C28H48N8O3.CH5N/c1-23(2)36-26(7-5-6-10-31-28(30-3)35-11-8-24(38-4)9-12-35)25(21-29)32-27(36)22-39-20-18-34-15-13-33(14-16-34)17-19-37;1-2/h6-7,10,21,23-24,37H,3,5,8-9,11-20,22,29H2,1-2,4H3;2H2,1H3/b10-6-,25-21+,26-7+,31-28?;. The lowest BCUT2D eigenvalue weighted by Crippen LogP contribution is -2.47. The van der Waals surface area contributed by atoms with Crippen LogP contribution in [-0.2, 0) is 16.1 Å². The molecule has 0 unspecified atom stereocenters. The number of aliphatic imine (C=N–C) groups is 2. The summed E-state index contributed by atoms with van der Waals surface area (Å²) in [6.07, 6.45) is 10.4. The number of allylic oxidation sites excluding steroid dienone is 1. The molecule has 0 bridgehead atoms. The van der Waals surface area contributed by atoms with Crippen molar-refractivity contribution in [3.05, 3.63) is 28.8 Å². The van der Waals surface area contributed by atoms with Gasteiger partial charge in [0.05, 0.1) is 24.7 Å². The SMILES string of the molecule is C=NC(=N/C=C\C/C=c1\c(=C/N)nc(COCCN2CCN(CCO)CC2)n1C(C)C)N1CCC(OC)CC1.CN. The van der Waals surface area contributed by atoms with E-state index in [0.717, 1.165) is 81.7 Å². The van der Waals surface area contributed by atoms with Crippen LogP contribution in [0.2, 0.25) is 0 Å². The summed E-state index contributed by atoms with van der Waals surface area (Å²) in [4.78, 5) is 20.3. The number of nitrogens with zero attached hydrogens (tertiary/aromatic N) is 7. The number of ether oxygens (including phenoxy) is 2. The molecule has 0 spiro atoms. The molecule has 0 saturated carbocycles. The van der Waals surface area contributed by atoms with Gasteiger partial charge in [-0.25, -0.2) is 15.0 Å². The highest BCUT2D eigenvalue weighted by Crippen LogP contribution is 2.14. The average Bonchev–Trinajstić information content (AvgIpc) is 3.37. The summed E-state index contributed by atoms with van der Waals surface area (Å²) in [7, 11) is 3.26. The van der Waals surface area contributed by atoms with Crippen molar-refractivity contribution < 1.29 is 14.6 Å². The lowest BCUT2D eigenvalue weighted by molar-refractivity contribution is 0.0576. The van der Waals surface area contributed by atoms with E-state index < -0.39 is 0 Å². The first-order valence-corrected chi connectivity index (χ1v) is 14.7. The van der Waals surface area contributed by atoms with Crippen LogP contribution in [0.4, 0.5) is 0 Å². The van der Waals surface area contributed by atoms with Crippen LogP contribution in [0.1, 0.15) is 45.0 Å². The van der Waals surface area contributed by atoms with Gasteiger partial charge in [0.25, 0.3) is 0 Å². The molecular weight excluding hydrogens is 522 g/mol. The van der Waals surface area contributed by atoms with Crippen molar-refractivity contribution in [2.45, 2.75) is 51.9 Å². The van der Waals surface area contributed by atoms with E-state index >= 15 is 0 Å². The maximum Gasteiger partial charge on any atom is 0.224 e. The molecular formula is C29H53N9O3. The topological polar surface area (TPSA) is 143 Å². The second-order valence-corrected chi connectivity index (χ2v) is 10.2. The number of rotatable bonds is 12. The molecule has 0 atom stereocenters. The van der Waals surface area contributed by atoms with E-state index in [-0.39, 0.29) is 12.6 Å². The summed E-state index contributed by atoms with van der Waals surface area (Å²) in [5, 5.41) is 10.9. The van der Waals surface area contributed by atoms with Gasteiger partial charge in [0.2, 0.25) is 5.96 Å². The van der Waals surface area contributed by atoms with Gasteiger partial charge in [-0.15, -0.1) is 0 Å². The van der Waals surface area contributed by atoms with Crippen LogP contribution in [0.25, 0.3) is 12.3 Å². The molecule has 12 heteroatoms. The van der Waals surface area contributed by atoms with Gasteiger partial charge in [-0.1, -0.05) is 12.2 Å². The average molecular weight is 576 g/mol. The zero-order chi connectivity index (χ0) is 30.0. The number of aromatic nitrogens is 2. The van der Waals surface area contributed by atoms with E-state index in [4.69, 9.17) is 25.3 Å². The molecule has 41 heavy (non-hydrogen) atoms. The predicted molar refractivity (Wildman–Crippen MR) is 167 cm³/mol. The quantitative estimate of drug-likeness (QED) is 0.174. The second kappa shape index (κ2) is 19.5. The summed E-state index contributed by atoms with van der Waals surface area (Å²) in [6.45, 7) is 16.7. The number of hydrogen-bond acceptors (Lipinski definition) is 9. The minimum atomic E-state index is 0.212. The third-order valence-electron chi connectivity index (χ3n) is 7.33. The summed E-state index contributed by atoms with van der Waals surface area (Å²) in [6, 6.07) is 0.212. The Hall–Kier alpha value is -2.61. The van der Waals surface area contributed by atoms with E-state index in [2.05, 4.69) is 61.6 Å². The van der Waals surface area contributed by atoms with Crippen molar-refractivity contribution in [2.24, 2.45) is 21.5 Å². The Labute approximate surface area is 245 Å². The van der Waals surface area contributed by atoms with E-state index in [1.165, 1.54) is 7.05 Å². The smallest absolute Gasteiger partial charge is 0.224 e. The maximum atomic E-state index is 9.11. The molecule has 5 N–H and O–H groups in total. The molecule has 0 radical (unpaired) electrons. The van der Waals surface area contributed by atoms with Crippen LogP contribution in [0.5, 0.6) is 0 Å². The number of aliphatic hydroxyl groups is 1. The van der Waals surface area contributed by atoms with Gasteiger partial charge >= 0.3 is 0 Å². The predicted octanol–water partition coefficient (Wildman–Crippen LogP) is -0.286. The van der Waals surface area contributed by atoms with Gasteiger partial charge in [0.15, 0.2) is 0 Å². The van der Waals surface area contributed by atoms with Crippen LogP contribution in [-0.4, -0.2) is 128 Å². The number of methoxy groups -OCH3 is 1. The van der Waals surface area contributed by atoms with Crippen molar-refractivity contribution in [1.29, 1.82) is 0 Å². The molecule has 0 aromatic carbocycles. The molecule has 12 nitrogen and oxygen atoms in total. The Balaban J connectivity index is 0.00000287. The van der Waals surface area contributed by atoms with Gasteiger partial charge in [-0.2, -0.15) is 0 Å². The highest BCUT2D eigenvalue weighted by atomic mass is 16.5. The highest BCUT2D eigenvalue weighted by molar-refractivity contribution is 5.84. The van der Waals surface area contributed by atoms with E-state index in [1.807, 2.05) is 6.08 Å². The molecule has 232 valence electrons. The number of imidazole rings is 1. The van der Waals surface area contributed by atoms with Gasteiger partial charge in [0, 0.05) is 77.9 Å². The summed E-state index contributed by atoms with van der Waals surface area (Å²) in [5.41, 5.74) is 10.4. The first-order chi connectivity index (χ1) is 20.0. The molecule has 3 heterocycles. The Kier molecular flexibility index (Phi) is 16.5. The Bertz CT molecular complexity index is 1050. The molecule has 2 fully saturated rings. The highest BCUT2D eigenvalue weighted by Gasteiger charge is 2.20. The molecule has 3 rings (SSSR count). The largest absolute Gasteiger partial charge is 0.403 e. The Morgan fingerprint density at radius 2 is 1.78 bits per heavy atom. The number of guanidine groups is 1. The van der Waals surface area contributed by atoms with Crippen LogP contribution in [0, 0.1) is 0 Å². The Morgan fingerprint density at radius 3 is 2.34 bits per heavy atom. The van der Waals surface area contributed by atoms with E-state index in [0.29, 0.717) is 31.7 Å². The summed E-state index contributed by atoms with van der Waals surface area (Å²) in [5.74, 6) is 1.52. The van der Waals surface area contributed by atoms with Crippen molar-refractivity contribution in [2.75, 3.05) is 79.7 Å². The van der Waals surface area contributed by atoms with Crippen molar-refractivity contribution >= 4 is 25.0 Å². The minimum Gasteiger partial charge on any atom is -0.403 e. The third kappa shape index (κ3) is 11.0. The molecule has 2 aliphatic heterocycles. The molecule has 1 aromatic rings. The number of hydrogen-bond donors (Lipinski definition) is 3. The second-order valence-electron chi connectivity index (χ2n) is 10.2. The number of likely N-dealkylation sites (tertiary alicyclic amines) is 1. The number of aliphatic hydroxyl groups excluding tert-OH is 1. The molecule has 0 amide bonds. The van der Waals surface area contributed by atoms with Gasteiger partial charge in [-0.3, -0.25) is 9.80 Å². The zero-order valence-electron chi connectivity index (χ0n) is 25.6. The monoisotopic (exact) mass is 575 g/mol. The number of piperidine rings is 1. The Morgan fingerprint density at radius 1 is 1.12 bits per heavy atom. The number of nitrogens with two attached hydrogens (primary N) is 2. The summed E-state index contributed by atoms with van der Waals surface area (Å²) < 4.78 is 13.7. The van der Waals surface area contributed by atoms with Crippen LogP contribution in [0.15, 0.2) is 22.3 Å². The normalized spacial score (nSPS) is 18.9. The van der Waals surface area contributed by atoms with Gasteiger partial charge in [0.1, 0.15) is 17.8 Å². The van der Waals surface area contributed by atoms with Crippen molar-refractivity contribution in [3.8, 4) is 0 Å². The first kappa shape index (κ1) is 34.6. The third-order valence-corrected chi connectivity index (χ3v) is 7.33. The van der Waals surface area contributed by atoms with Gasteiger partial charge < -0.3 is 35.5 Å². The molecule has 0 aliphatic carbocycles.